The standard InChI is InChI=1S/C17H23N3S/c1-12(2)9-17-19-15(11-21-17)13-5-6-16(14(18)10-13)20-7-3-4-8-20/h5-6,10-12H,3-4,7-9,18H2,1-2H3. The highest BCUT2D eigenvalue weighted by Crippen LogP contribution is 2.32. The van der Waals surface area contributed by atoms with Crippen molar-refractivity contribution in [1.29, 1.82) is 0 Å². The van der Waals surface area contributed by atoms with Crippen LogP contribution < -0.4 is 10.6 Å². The molecule has 1 aliphatic rings. The third-order valence-electron chi connectivity index (χ3n) is 3.90. The van der Waals surface area contributed by atoms with Crippen LogP contribution in [-0.2, 0) is 6.42 Å². The van der Waals surface area contributed by atoms with E-state index in [1.54, 1.807) is 11.3 Å². The maximum atomic E-state index is 6.26. The minimum atomic E-state index is 0.645. The lowest BCUT2D eigenvalue weighted by Crippen LogP contribution is -2.18. The van der Waals surface area contributed by atoms with Crippen LogP contribution in [0.15, 0.2) is 23.6 Å². The first-order valence-corrected chi connectivity index (χ1v) is 8.60. The first-order chi connectivity index (χ1) is 10.1. The Kier molecular flexibility index (Phi) is 4.15. The largest absolute Gasteiger partial charge is 0.397 e. The Morgan fingerprint density at radius 3 is 2.71 bits per heavy atom. The van der Waals surface area contributed by atoms with Gasteiger partial charge in [0.15, 0.2) is 0 Å². The molecule has 3 rings (SSSR count). The molecule has 1 saturated heterocycles. The SMILES string of the molecule is CC(C)Cc1nc(-c2ccc(N3CCCC3)c(N)c2)cs1. The Balaban J connectivity index is 1.82. The number of hydrogen-bond acceptors (Lipinski definition) is 4. The molecule has 1 aromatic carbocycles. The zero-order chi connectivity index (χ0) is 14.8. The highest BCUT2D eigenvalue weighted by molar-refractivity contribution is 7.09. The summed E-state index contributed by atoms with van der Waals surface area (Å²) in [4.78, 5) is 7.12. The van der Waals surface area contributed by atoms with E-state index in [1.165, 1.54) is 23.5 Å². The highest BCUT2D eigenvalue weighted by Gasteiger charge is 2.15. The topological polar surface area (TPSA) is 42.2 Å². The Labute approximate surface area is 130 Å². The molecule has 0 atom stereocenters. The summed E-state index contributed by atoms with van der Waals surface area (Å²) < 4.78 is 0. The van der Waals surface area contributed by atoms with Gasteiger partial charge in [0, 0.05) is 30.5 Å². The number of anilines is 2. The summed E-state index contributed by atoms with van der Waals surface area (Å²) in [6, 6.07) is 6.37. The van der Waals surface area contributed by atoms with E-state index in [2.05, 4.69) is 42.3 Å². The van der Waals surface area contributed by atoms with Gasteiger partial charge in [0.05, 0.1) is 22.1 Å². The number of nitrogens with zero attached hydrogens (tertiary/aromatic N) is 2. The van der Waals surface area contributed by atoms with E-state index in [-0.39, 0.29) is 0 Å². The molecule has 3 nitrogen and oxygen atoms in total. The summed E-state index contributed by atoms with van der Waals surface area (Å²) in [5.74, 6) is 0.645. The molecule has 0 saturated carbocycles. The van der Waals surface area contributed by atoms with Crippen molar-refractivity contribution in [2.45, 2.75) is 33.1 Å². The van der Waals surface area contributed by atoms with Crippen molar-refractivity contribution in [3.8, 4) is 11.3 Å². The molecule has 0 bridgehead atoms. The average Bonchev–Trinajstić information content (AvgIpc) is 3.09. The highest BCUT2D eigenvalue weighted by atomic mass is 32.1. The van der Waals surface area contributed by atoms with Gasteiger partial charge in [-0.25, -0.2) is 4.98 Å². The lowest BCUT2D eigenvalue weighted by molar-refractivity contribution is 0.645. The van der Waals surface area contributed by atoms with Gasteiger partial charge in [0.2, 0.25) is 0 Å². The summed E-state index contributed by atoms with van der Waals surface area (Å²) in [6.07, 6.45) is 3.59. The lowest BCUT2D eigenvalue weighted by Gasteiger charge is -2.20. The molecule has 1 aromatic heterocycles. The van der Waals surface area contributed by atoms with Gasteiger partial charge in [-0.3, -0.25) is 0 Å². The molecule has 1 fully saturated rings. The van der Waals surface area contributed by atoms with Gasteiger partial charge in [0.1, 0.15) is 0 Å². The van der Waals surface area contributed by atoms with Gasteiger partial charge in [-0.2, -0.15) is 0 Å². The van der Waals surface area contributed by atoms with E-state index in [1.807, 2.05) is 0 Å². The fourth-order valence-corrected chi connectivity index (χ4v) is 3.86. The van der Waals surface area contributed by atoms with E-state index in [4.69, 9.17) is 10.7 Å². The molecule has 0 aliphatic carbocycles. The number of benzene rings is 1. The van der Waals surface area contributed by atoms with Crippen LogP contribution in [0.4, 0.5) is 11.4 Å². The van der Waals surface area contributed by atoms with Crippen LogP contribution in [0, 0.1) is 5.92 Å². The predicted molar refractivity (Wildman–Crippen MR) is 92.0 cm³/mol. The van der Waals surface area contributed by atoms with Gasteiger partial charge in [-0.15, -0.1) is 11.3 Å². The molecule has 2 aromatic rings. The summed E-state index contributed by atoms with van der Waals surface area (Å²) in [5.41, 5.74) is 10.5. The van der Waals surface area contributed by atoms with Crippen LogP contribution in [0.1, 0.15) is 31.7 Å². The molecule has 0 spiro atoms. The van der Waals surface area contributed by atoms with Gasteiger partial charge < -0.3 is 10.6 Å². The monoisotopic (exact) mass is 301 g/mol. The van der Waals surface area contributed by atoms with Crippen molar-refractivity contribution >= 4 is 22.7 Å². The molecule has 21 heavy (non-hydrogen) atoms. The fourth-order valence-electron chi connectivity index (χ4n) is 2.85. The second-order valence-corrected chi connectivity index (χ2v) is 7.13. The number of rotatable bonds is 4. The van der Waals surface area contributed by atoms with Crippen molar-refractivity contribution < 1.29 is 0 Å². The number of nitrogen functional groups attached to an aromatic ring is 1. The van der Waals surface area contributed by atoms with Crippen molar-refractivity contribution in [1.82, 2.24) is 4.98 Å². The van der Waals surface area contributed by atoms with Gasteiger partial charge >= 0.3 is 0 Å². The van der Waals surface area contributed by atoms with E-state index >= 15 is 0 Å². The summed E-state index contributed by atoms with van der Waals surface area (Å²) >= 11 is 1.75. The molecule has 1 aliphatic heterocycles. The van der Waals surface area contributed by atoms with E-state index < -0.39 is 0 Å². The fraction of sp³-hybridized carbons (Fsp3) is 0.471. The van der Waals surface area contributed by atoms with Crippen LogP contribution in [0.3, 0.4) is 0 Å². The van der Waals surface area contributed by atoms with Crippen molar-refractivity contribution in [3.63, 3.8) is 0 Å². The Morgan fingerprint density at radius 1 is 1.29 bits per heavy atom. The van der Waals surface area contributed by atoms with E-state index in [0.29, 0.717) is 5.92 Å². The average molecular weight is 301 g/mol. The first-order valence-electron chi connectivity index (χ1n) is 7.72. The maximum Gasteiger partial charge on any atom is 0.0935 e. The third kappa shape index (κ3) is 3.21. The zero-order valence-electron chi connectivity index (χ0n) is 12.8. The van der Waals surface area contributed by atoms with E-state index in [9.17, 15) is 0 Å². The summed E-state index contributed by atoms with van der Waals surface area (Å²) in [7, 11) is 0. The van der Waals surface area contributed by atoms with Crippen LogP contribution in [0.25, 0.3) is 11.3 Å². The van der Waals surface area contributed by atoms with Crippen LogP contribution in [0.5, 0.6) is 0 Å². The number of hydrogen-bond donors (Lipinski definition) is 1. The molecule has 2 N–H and O–H groups in total. The minimum absolute atomic E-state index is 0.645. The molecule has 0 amide bonds. The molecule has 0 radical (unpaired) electrons. The molecule has 112 valence electrons. The van der Waals surface area contributed by atoms with Gasteiger partial charge in [-0.1, -0.05) is 19.9 Å². The quantitative estimate of drug-likeness (QED) is 0.861. The Bertz CT molecular complexity index is 612. The number of nitrogens with two attached hydrogens (primary N) is 1. The Morgan fingerprint density at radius 2 is 2.05 bits per heavy atom. The number of aromatic nitrogens is 1. The maximum absolute atomic E-state index is 6.26. The molecule has 4 heteroatoms. The van der Waals surface area contributed by atoms with Crippen LogP contribution in [0.2, 0.25) is 0 Å². The van der Waals surface area contributed by atoms with Crippen molar-refractivity contribution in [3.05, 3.63) is 28.6 Å². The third-order valence-corrected chi connectivity index (χ3v) is 4.78. The molecule has 0 unspecified atom stereocenters. The zero-order valence-corrected chi connectivity index (χ0v) is 13.6. The second-order valence-electron chi connectivity index (χ2n) is 6.19. The summed E-state index contributed by atoms with van der Waals surface area (Å²) in [6.45, 7) is 6.70. The second kappa shape index (κ2) is 6.06. The summed E-state index contributed by atoms with van der Waals surface area (Å²) in [5, 5.41) is 3.35. The Hall–Kier alpha value is -1.55. The van der Waals surface area contributed by atoms with Crippen LogP contribution >= 0.6 is 11.3 Å². The lowest BCUT2D eigenvalue weighted by atomic mass is 10.1. The van der Waals surface area contributed by atoms with E-state index in [0.717, 1.165) is 36.5 Å². The normalized spacial score (nSPS) is 15.1. The smallest absolute Gasteiger partial charge is 0.0935 e. The van der Waals surface area contributed by atoms with Gasteiger partial charge in [-0.05, 0) is 30.9 Å². The van der Waals surface area contributed by atoms with Crippen molar-refractivity contribution in [2.75, 3.05) is 23.7 Å². The predicted octanol–water partition coefficient (Wildman–Crippen LogP) is 4.19. The molecular formula is C17H23N3S. The molecule has 2 heterocycles. The first kappa shape index (κ1) is 14.4. The van der Waals surface area contributed by atoms with Crippen molar-refractivity contribution in [2.24, 2.45) is 5.92 Å². The number of thiazole rings is 1. The molecular weight excluding hydrogens is 278 g/mol. The van der Waals surface area contributed by atoms with Crippen LogP contribution in [-0.4, -0.2) is 18.1 Å². The van der Waals surface area contributed by atoms with Gasteiger partial charge in [0.25, 0.3) is 0 Å². The minimum Gasteiger partial charge on any atom is -0.397 e.